The van der Waals surface area contributed by atoms with Gasteiger partial charge in [-0.25, -0.2) is 0 Å². The van der Waals surface area contributed by atoms with E-state index in [9.17, 15) is 5.11 Å². The summed E-state index contributed by atoms with van der Waals surface area (Å²) in [6.07, 6.45) is 0.903. The molecule has 0 aliphatic carbocycles. The number of rotatable bonds is 3. The lowest BCUT2D eigenvalue weighted by molar-refractivity contribution is 0.207. The van der Waals surface area contributed by atoms with E-state index in [1.807, 2.05) is 32.0 Å². The SMILES string of the molecule is CCn1ncc(Br)c1C(O)c1cccc(C)c1Cl. The van der Waals surface area contributed by atoms with Crippen LogP contribution in [0.4, 0.5) is 0 Å². The molecule has 0 spiro atoms. The van der Waals surface area contributed by atoms with Crippen LogP contribution in [-0.2, 0) is 6.54 Å². The summed E-state index contributed by atoms with van der Waals surface area (Å²) in [4.78, 5) is 0. The van der Waals surface area contributed by atoms with Crippen molar-refractivity contribution in [2.24, 2.45) is 0 Å². The van der Waals surface area contributed by atoms with Gasteiger partial charge in [0.15, 0.2) is 0 Å². The van der Waals surface area contributed by atoms with Gasteiger partial charge in [0.25, 0.3) is 0 Å². The molecule has 5 heteroatoms. The topological polar surface area (TPSA) is 38.0 Å². The number of aromatic nitrogens is 2. The quantitative estimate of drug-likeness (QED) is 0.932. The summed E-state index contributed by atoms with van der Waals surface area (Å²) in [6, 6.07) is 5.64. The Morgan fingerprint density at radius 2 is 2.22 bits per heavy atom. The summed E-state index contributed by atoms with van der Waals surface area (Å²) >= 11 is 9.66. The summed E-state index contributed by atoms with van der Waals surface area (Å²) in [5.74, 6) is 0. The van der Waals surface area contributed by atoms with Gasteiger partial charge in [-0.3, -0.25) is 4.68 Å². The Balaban J connectivity index is 2.51. The van der Waals surface area contributed by atoms with Crippen LogP contribution in [0.5, 0.6) is 0 Å². The second-order valence-corrected chi connectivity index (χ2v) is 5.31. The predicted octanol–water partition coefficient (Wildman–Crippen LogP) is 3.71. The van der Waals surface area contributed by atoms with Gasteiger partial charge in [0, 0.05) is 17.1 Å². The van der Waals surface area contributed by atoms with Crippen LogP contribution in [0.2, 0.25) is 5.02 Å². The molecular formula is C13H14BrClN2O. The molecule has 0 saturated heterocycles. The zero-order chi connectivity index (χ0) is 13.3. The third kappa shape index (κ3) is 2.32. The van der Waals surface area contributed by atoms with Crippen molar-refractivity contribution < 1.29 is 5.11 Å². The minimum Gasteiger partial charge on any atom is -0.382 e. The molecule has 1 unspecified atom stereocenters. The predicted molar refractivity (Wildman–Crippen MR) is 75.9 cm³/mol. The van der Waals surface area contributed by atoms with Crippen molar-refractivity contribution in [3.8, 4) is 0 Å². The van der Waals surface area contributed by atoms with E-state index in [-0.39, 0.29) is 0 Å². The Kier molecular flexibility index (Phi) is 4.10. The fraction of sp³-hybridized carbons (Fsp3) is 0.308. The van der Waals surface area contributed by atoms with Crippen molar-refractivity contribution in [1.82, 2.24) is 9.78 Å². The zero-order valence-electron chi connectivity index (χ0n) is 10.2. The van der Waals surface area contributed by atoms with Gasteiger partial charge in [-0.1, -0.05) is 29.8 Å². The molecule has 2 rings (SSSR count). The molecule has 1 atom stereocenters. The Morgan fingerprint density at radius 3 is 2.89 bits per heavy atom. The first kappa shape index (κ1) is 13.6. The molecule has 1 aromatic carbocycles. The fourth-order valence-corrected chi connectivity index (χ4v) is 2.67. The maximum Gasteiger partial charge on any atom is 0.123 e. The largest absolute Gasteiger partial charge is 0.382 e. The first-order valence-corrected chi connectivity index (χ1v) is 6.87. The van der Waals surface area contributed by atoms with E-state index in [1.165, 1.54) is 0 Å². The lowest BCUT2D eigenvalue weighted by Crippen LogP contribution is -2.10. The number of hydrogen-bond acceptors (Lipinski definition) is 2. The number of hydrogen-bond donors (Lipinski definition) is 1. The van der Waals surface area contributed by atoms with Crippen molar-refractivity contribution in [2.75, 3.05) is 0 Å². The van der Waals surface area contributed by atoms with E-state index < -0.39 is 6.10 Å². The molecule has 96 valence electrons. The molecule has 18 heavy (non-hydrogen) atoms. The zero-order valence-corrected chi connectivity index (χ0v) is 12.5. The Morgan fingerprint density at radius 1 is 1.50 bits per heavy atom. The van der Waals surface area contributed by atoms with Crippen LogP contribution < -0.4 is 0 Å². The van der Waals surface area contributed by atoms with Gasteiger partial charge < -0.3 is 5.11 Å². The van der Waals surface area contributed by atoms with Gasteiger partial charge >= 0.3 is 0 Å². The summed E-state index contributed by atoms with van der Waals surface area (Å²) in [6.45, 7) is 4.60. The third-order valence-corrected chi connectivity index (χ3v) is 4.04. The number of benzene rings is 1. The molecule has 0 aliphatic rings. The molecular weight excluding hydrogens is 316 g/mol. The van der Waals surface area contributed by atoms with Crippen LogP contribution in [0.15, 0.2) is 28.9 Å². The molecule has 3 nitrogen and oxygen atoms in total. The highest BCUT2D eigenvalue weighted by molar-refractivity contribution is 9.10. The summed E-state index contributed by atoms with van der Waals surface area (Å²) in [5.41, 5.74) is 2.38. The number of aliphatic hydroxyl groups is 1. The average Bonchev–Trinajstić information content (AvgIpc) is 2.73. The van der Waals surface area contributed by atoms with E-state index in [4.69, 9.17) is 11.6 Å². The second kappa shape index (κ2) is 5.43. The molecule has 0 amide bonds. The summed E-state index contributed by atoms with van der Waals surface area (Å²) in [5, 5.41) is 15.3. The molecule has 0 saturated carbocycles. The van der Waals surface area contributed by atoms with Crippen molar-refractivity contribution in [3.05, 3.63) is 50.7 Å². The molecule has 2 aromatic rings. The first-order chi connectivity index (χ1) is 8.56. The molecule has 1 N–H and O–H groups in total. The van der Waals surface area contributed by atoms with E-state index in [0.717, 1.165) is 15.7 Å². The van der Waals surface area contributed by atoms with Crippen LogP contribution in [0.3, 0.4) is 0 Å². The standard InChI is InChI=1S/C13H14BrClN2O/c1-3-17-12(10(14)7-16-17)13(18)9-6-4-5-8(2)11(9)15/h4-7,13,18H,3H2,1-2H3. The minimum atomic E-state index is -0.783. The van der Waals surface area contributed by atoms with Crippen LogP contribution in [0, 0.1) is 6.92 Å². The molecule has 0 fully saturated rings. The van der Waals surface area contributed by atoms with Crippen LogP contribution in [-0.4, -0.2) is 14.9 Å². The Bertz CT molecular complexity index is 568. The second-order valence-electron chi connectivity index (χ2n) is 4.07. The highest BCUT2D eigenvalue weighted by Crippen LogP contribution is 2.33. The minimum absolute atomic E-state index is 0.598. The highest BCUT2D eigenvalue weighted by atomic mass is 79.9. The number of aliphatic hydroxyl groups excluding tert-OH is 1. The van der Waals surface area contributed by atoms with E-state index in [1.54, 1.807) is 10.9 Å². The van der Waals surface area contributed by atoms with Gasteiger partial charge in [0.2, 0.25) is 0 Å². The van der Waals surface area contributed by atoms with Gasteiger partial charge in [0.05, 0.1) is 16.4 Å². The summed E-state index contributed by atoms with van der Waals surface area (Å²) in [7, 11) is 0. The maximum absolute atomic E-state index is 10.5. The van der Waals surface area contributed by atoms with Crippen molar-refractivity contribution in [3.63, 3.8) is 0 Å². The first-order valence-electron chi connectivity index (χ1n) is 5.70. The normalized spacial score (nSPS) is 12.7. The monoisotopic (exact) mass is 328 g/mol. The molecule has 1 aromatic heterocycles. The van der Waals surface area contributed by atoms with Crippen LogP contribution in [0.25, 0.3) is 0 Å². The van der Waals surface area contributed by atoms with Gasteiger partial charge in [-0.15, -0.1) is 0 Å². The van der Waals surface area contributed by atoms with E-state index in [0.29, 0.717) is 17.1 Å². The lowest BCUT2D eigenvalue weighted by Gasteiger charge is -2.16. The van der Waals surface area contributed by atoms with Crippen LogP contribution >= 0.6 is 27.5 Å². The highest BCUT2D eigenvalue weighted by Gasteiger charge is 2.21. The lowest BCUT2D eigenvalue weighted by atomic mass is 10.0. The number of aryl methyl sites for hydroxylation is 2. The van der Waals surface area contributed by atoms with Gasteiger partial charge in [-0.2, -0.15) is 5.10 Å². The third-order valence-electron chi connectivity index (χ3n) is 2.91. The molecule has 0 bridgehead atoms. The maximum atomic E-state index is 10.5. The van der Waals surface area contributed by atoms with E-state index >= 15 is 0 Å². The van der Waals surface area contributed by atoms with Crippen molar-refractivity contribution >= 4 is 27.5 Å². The summed E-state index contributed by atoms with van der Waals surface area (Å²) < 4.78 is 2.54. The van der Waals surface area contributed by atoms with Crippen LogP contribution in [0.1, 0.15) is 29.8 Å². The number of nitrogens with zero attached hydrogens (tertiary/aromatic N) is 2. The Labute approximate surface area is 120 Å². The van der Waals surface area contributed by atoms with E-state index in [2.05, 4.69) is 21.0 Å². The molecule has 0 aliphatic heterocycles. The number of halogens is 2. The van der Waals surface area contributed by atoms with Gasteiger partial charge in [0.1, 0.15) is 6.10 Å². The fourth-order valence-electron chi connectivity index (χ4n) is 1.92. The van der Waals surface area contributed by atoms with Crippen molar-refractivity contribution in [1.29, 1.82) is 0 Å². The van der Waals surface area contributed by atoms with Crippen molar-refractivity contribution in [2.45, 2.75) is 26.5 Å². The molecule has 0 radical (unpaired) electrons. The Hall–Kier alpha value is -0.840. The smallest absolute Gasteiger partial charge is 0.123 e. The average molecular weight is 330 g/mol. The van der Waals surface area contributed by atoms with Gasteiger partial charge in [-0.05, 0) is 35.3 Å². The molecule has 1 heterocycles.